The summed E-state index contributed by atoms with van der Waals surface area (Å²) in [5, 5.41) is 4.28. The van der Waals surface area contributed by atoms with E-state index in [-0.39, 0.29) is 5.78 Å². The number of hydrogen-bond acceptors (Lipinski definition) is 3. The highest BCUT2D eigenvalue weighted by Gasteiger charge is 2.14. The molecule has 2 rings (SSSR count). The molecule has 94 valence electrons. The van der Waals surface area contributed by atoms with Crippen LogP contribution >= 0.6 is 15.9 Å². The molecule has 0 spiro atoms. The lowest BCUT2D eigenvalue weighted by Gasteiger charge is -2.03. The zero-order valence-electron chi connectivity index (χ0n) is 10.4. The maximum atomic E-state index is 12.0. The van der Waals surface area contributed by atoms with Crippen LogP contribution in [0.15, 0.2) is 29.0 Å². The van der Waals surface area contributed by atoms with Gasteiger partial charge in [-0.25, -0.2) is 0 Å². The van der Waals surface area contributed by atoms with E-state index >= 15 is 0 Å². The number of nitrogens with zero attached hydrogens (tertiary/aromatic N) is 3. The third-order valence-corrected chi connectivity index (χ3v) is 3.81. The Labute approximate surface area is 114 Å². The van der Waals surface area contributed by atoms with Gasteiger partial charge in [-0.05, 0) is 40.5 Å². The van der Waals surface area contributed by atoms with Crippen LogP contribution in [0.3, 0.4) is 0 Å². The first-order valence-electron chi connectivity index (χ1n) is 5.66. The van der Waals surface area contributed by atoms with Crippen LogP contribution in [0, 0.1) is 6.92 Å². The third-order valence-electron chi connectivity index (χ3n) is 2.78. The second-order valence-electron chi connectivity index (χ2n) is 4.22. The number of carbonyl (C=O) groups excluding carboxylic acids is 1. The Balaban J connectivity index is 2.08. The monoisotopic (exact) mass is 307 g/mol. The third kappa shape index (κ3) is 2.85. The molecular formula is C13H14BrN3O. The van der Waals surface area contributed by atoms with E-state index in [1.165, 1.54) is 0 Å². The number of aryl methyl sites for hydroxylation is 2. The molecule has 0 aliphatic heterocycles. The number of hydrogen-bond donors (Lipinski definition) is 0. The average Bonchev–Trinajstić information content (AvgIpc) is 2.57. The summed E-state index contributed by atoms with van der Waals surface area (Å²) in [6.07, 6.45) is 4.22. The van der Waals surface area contributed by atoms with Crippen LogP contribution in [-0.2, 0) is 24.7 Å². The lowest BCUT2D eigenvalue weighted by atomic mass is 10.1. The predicted molar refractivity (Wildman–Crippen MR) is 72.3 cm³/mol. The number of rotatable bonds is 4. The van der Waals surface area contributed by atoms with Crippen molar-refractivity contribution in [3.8, 4) is 0 Å². The molecule has 0 radical (unpaired) electrons. The predicted octanol–water partition coefficient (Wildman–Crippen LogP) is 2.24. The van der Waals surface area contributed by atoms with Gasteiger partial charge in [0.2, 0.25) is 0 Å². The van der Waals surface area contributed by atoms with Crippen molar-refractivity contribution in [1.29, 1.82) is 0 Å². The van der Waals surface area contributed by atoms with Crippen LogP contribution in [0.25, 0.3) is 0 Å². The van der Waals surface area contributed by atoms with Gasteiger partial charge in [-0.2, -0.15) is 5.10 Å². The largest absolute Gasteiger partial charge is 0.299 e. The smallest absolute Gasteiger partial charge is 0.143 e. The molecule has 18 heavy (non-hydrogen) atoms. The second kappa shape index (κ2) is 5.44. The number of ketones is 1. The number of aromatic nitrogens is 3. The molecule has 0 fully saturated rings. The molecule has 0 aromatic carbocycles. The van der Waals surface area contributed by atoms with Gasteiger partial charge < -0.3 is 0 Å². The van der Waals surface area contributed by atoms with Gasteiger partial charge in [-0.3, -0.25) is 14.5 Å². The van der Waals surface area contributed by atoms with E-state index < -0.39 is 0 Å². The Morgan fingerprint density at radius 3 is 2.56 bits per heavy atom. The molecule has 2 aromatic heterocycles. The van der Waals surface area contributed by atoms with Gasteiger partial charge in [0.1, 0.15) is 5.78 Å². The van der Waals surface area contributed by atoms with Gasteiger partial charge in [-0.1, -0.05) is 0 Å². The highest BCUT2D eigenvalue weighted by Crippen LogP contribution is 2.21. The van der Waals surface area contributed by atoms with E-state index in [0.717, 1.165) is 21.4 Å². The van der Waals surface area contributed by atoms with E-state index in [4.69, 9.17) is 0 Å². The Morgan fingerprint density at radius 2 is 2.00 bits per heavy atom. The number of carbonyl (C=O) groups is 1. The van der Waals surface area contributed by atoms with Crippen molar-refractivity contribution >= 4 is 21.7 Å². The number of pyridine rings is 1. The lowest BCUT2D eigenvalue weighted by molar-refractivity contribution is -0.117. The fourth-order valence-corrected chi connectivity index (χ4v) is 2.33. The minimum atomic E-state index is 0.171. The number of halogens is 1. The zero-order chi connectivity index (χ0) is 13.1. The molecule has 5 heteroatoms. The summed E-state index contributed by atoms with van der Waals surface area (Å²) in [6.45, 7) is 1.92. The topological polar surface area (TPSA) is 47.8 Å². The van der Waals surface area contributed by atoms with E-state index in [2.05, 4.69) is 26.0 Å². The molecule has 0 aliphatic rings. The minimum Gasteiger partial charge on any atom is -0.299 e. The van der Waals surface area contributed by atoms with Crippen molar-refractivity contribution in [3.05, 3.63) is 46.0 Å². The van der Waals surface area contributed by atoms with E-state index in [9.17, 15) is 4.79 Å². The molecule has 2 heterocycles. The molecule has 0 saturated heterocycles. The van der Waals surface area contributed by atoms with Gasteiger partial charge in [0.25, 0.3) is 0 Å². The summed E-state index contributed by atoms with van der Waals surface area (Å²) in [5.41, 5.74) is 2.82. The van der Waals surface area contributed by atoms with E-state index in [0.29, 0.717) is 12.8 Å². The summed E-state index contributed by atoms with van der Waals surface area (Å²) in [7, 11) is 1.85. The highest BCUT2D eigenvalue weighted by molar-refractivity contribution is 9.10. The van der Waals surface area contributed by atoms with Crippen molar-refractivity contribution in [2.24, 2.45) is 7.05 Å². The SMILES string of the molecule is Cc1nn(C)c(CC(=O)Cc2ccncc2)c1Br. The van der Waals surface area contributed by atoms with Crippen molar-refractivity contribution in [2.75, 3.05) is 0 Å². The van der Waals surface area contributed by atoms with Crippen LogP contribution in [0.1, 0.15) is 17.0 Å². The van der Waals surface area contributed by atoms with Crippen LogP contribution < -0.4 is 0 Å². The quantitative estimate of drug-likeness (QED) is 0.870. The van der Waals surface area contributed by atoms with Crippen LogP contribution in [-0.4, -0.2) is 20.5 Å². The molecule has 4 nitrogen and oxygen atoms in total. The summed E-state index contributed by atoms with van der Waals surface area (Å²) in [5.74, 6) is 0.171. The molecular weight excluding hydrogens is 294 g/mol. The highest BCUT2D eigenvalue weighted by atomic mass is 79.9. The Morgan fingerprint density at radius 1 is 1.33 bits per heavy atom. The first-order valence-corrected chi connectivity index (χ1v) is 6.46. The second-order valence-corrected chi connectivity index (χ2v) is 5.01. The van der Waals surface area contributed by atoms with Crippen molar-refractivity contribution in [3.63, 3.8) is 0 Å². The van der Waals surface area contributed by atoms with Crippen molar-refractivity contribution in [2.45, 2.75) is 19.8 Å². The van der Waals surface area contributed by atoms with Gasteiger partial charge >= 0.3 is 0 Å². The average molecular weight is 308 g/mol. The van der Waals surface area contributed by atoms with Crippen LogP contribution in [0.4, 0.5) is 0 Å². The van der Waals surface area contributed by atoms with Crippen molar-refractivity contribution < 1.29 is 4.79 Å². The number of Topliss-reactive ketones (excluding diaryl/α,β-unsaturated/α-hetero) is 1. The van der Waals surface area contributed by atoms with Gasteiger partial charge in [0.05, 0.1) is 15.9 Å². The molecule has 0 bridgehead atoms. The molecule has 0 saturated carbocycles. The summed E-state index contributed by atoms with van der Waals surface area (Å²) < 4.78 is 2.68. The van der Waals surface area contributed by atoms with Gasteiger partial charge in [-0.15, -0.1) is 0 Å². The molecule has 0 aliphatic carbocycles. The molecule has 0 N–H and O–H groups in total. The minimum absolute atomic E-state index is 0.171. The molecule has 0 atom stereocenters. The summed E-state index contributed by atoms with van der Waals surface area (Å²) >= 11 is 3.47. The van der Waals surface area contributed by atoms with E-state index in [1.54, 1.807) is 17.1 Å². The molecule has 0 unspecified atom stereocenters. The first-order chi connectivity index (χ1) is 8.58. The van der Waals surface area contributed by atoms with Gasteiger partial charge in [0.15, 0.2) is 0 Å². The first kappa shape index (κ1) is 13.0. The normalized spacial score (nSPS) is 10.6. The van der Waals surface area contributed by atoms with Crippen LogP contribution in [0.5, 0.6) is 0 Å². The maximum Gasteiger partial charge on any atom is 0.143 e. The molecule has 2 aromatic rings. The Hall–Kier alpha value is -1.49. The van der Waals surface area contributed by atoms with E-state index in [1.807, 2.05) is 26.1 Å². The Bertz CT molecular complexity index is 563. The molecule has 0 amide bonds. The lowest BCUT2D eigenvalue weighted by Crippen LogP contribution is -2.10. The van der Waals surface area contributed by atoms with Crippen molar-refractivity contribution in [1.82, 2.24) is 14.8 Å². The van der Waals surface area contributed by atoms with Crippen LogP contribution in [0.2, 0.25) is 0 Å². The fourth-order valence-electron chi connectivity index (χ4n) is 1.85. The summed E-state index contributed by atoms with van der Waals surface area (Å²) in [6, 6.07) is 3.73. The summed E-state index contributed by atoms with van der Waals surface area (Å²) in [4.78, 5) is 15.9. The Kier molecular flexibility index (Phi) is 3.91. The van der Waals surface area contributed by atoms with Gasteiger partial charge in [0, 0.05) is 32.3 Å². The maximum absolute atomic E-state index is 12.0. The zero-order valence-corrected chi connectivity index (χ0v) is 11.9. The standard InChI is InChI=1S/C13H14BrN3O/c1-9-13(14)12(17(2)16-9)8-11(18)7-10-3-5-15-6-4-10/h3-6H,7-8H2,1-2H3. The fraction of sp³-hybridized carbons (Fsp3) is 0.308.